The molecular weight excluding hydrogens is 418 g/mol. The van der Waals surface area contributed by atoms with E-state index in [0.717, 1.165) is 14.0 Å². The zero-order valence-electron chi connectivity index (χ0n) is 14.8. The van der Waals surface area contributed by atoms with E-state index in [4.69, 9.17) is 0 Å². The number of phenolic OH excluding ortho intramolecular Hbond substituents is 2. The summed E-state index contributed by atoms with van der Waals surface area (Å²) in [5.74, 6) is -14.6. The summed E-state index contributed by atoms with van der Waals surface area (Å²) in [5.41, 5.74) is -2.61. The van der Waals surface area contributed by atoms with Crippen molar-refractivity contribution < 1.29 is 46.1 Å². The van der Waals surface area contributed by atoms with Gasteiger partial charge in [0.2, 0.25) is 23.1 Å². The van der Waals surface area contributed by atoms with Crippen LogP contribution >= 0.6 is 0 Å². The summed E-state index contributed by atoms with van der Waals surface area (Å²) in [7, 11) is 0.888. The number of benzene rings is 2. The van der Waals surface area contributed by atoms with E-state index in [9.17, 15) is 41.4 Å². The lowest BCUT2D eigenvalue weighted by atomic mass is 10.1. The molecule has 0 aromatic heterocycles. The molecule has 30 heavy (non-hydrogen) atoms. The van der Waals surface area contributed by atoms with Gasteiger partial charge in [0, 0.05) is 11.1 Å². The lowest BCUT2D eigenvalue weighted by Crippen LogP contribution is -2.00. The van der Waals surface area contributed by atoms with Crippen LogP contribution in [-0.4, -0.2) is 23.1 Å². The number of allylic oxidation sites excluding steroid dienone is 2. The molecule has 0 aliphatic carbocycles. The van der Waals surface area contributed by atoms with Gasteiger partial charge in [-0.3, -0.25) is 4.79 Å². The van der Waals surface area contributed by atoms with Gasteiger partial charge in [-0.1, -0.05) is 7.43 Å². The monoisotopic (exact) mass is 434 g/mol. The average Bonchev–Trinajstić information content (AvgIpc) is 2.69. The normalized spacial score (nSPS) is 11.2. The van der Waals surface area contributed by atoms with Crippen LogP contribution in [0.15, 0.2) is 12.2 Å². The number of methoxy groups -OCH3 is 1. The molecule has 0 aliphatic heterocycles. The minimum absolute atomic E-state index is 0. The van der Waals surface area contributed by atoms with Gasteiger partial charge in [-0.05, 0) is 31.2 Å². The van der Waals surface area contributed by atoms with E-state index < -0.39 is 74.6 Å². The van der Waals surface area contributed by atoms with Crippen LogP contribution < -0.4 is 4.74 Å². The summed E-state index contributed by atoms with van der Waals surface area (Å²) in [6.45, 7) is 0.977. The molecular formula is C20H16F6O4. The molecule has 2 aromatic rings. The molecule has 162 valence electrons. The van der Waals surface area contributed by atoms with Crippen LogP contribution in [0.3, 0.4) is 0 Å². The van der Waals surface area contributed by atoms with E-state index in [1.807, 2.05) is 0 Å². The molecule has 0 atom stereocenters. The fourth-order valence-corrected chi connectivity index (χ4v) is 2.30. The summed E-state index contributed by atoms with van der Waals surface area (Å²) in [5, 5.41) is 18.5. The Balaban J connectivity index is 0.00000450. The third-order valence-electron chi connectivity index (χ3n) is 3.88. The van der Waals surface area contributed by atoms with Gasteiger partial charge in [-0.2, -0.15) is 8.78 Å². The van der Waals surface area contributed by atoms with Crippen molar-refractivity contribution in [1.82, 2.24) is 0 Å². The molecule has 2 N–H and O–H groups in total. The second-order valence-electron chi connectivity index (χ2n) is 5.64. The SMILES string of the molecule is C.COc1c(O)c(F)c(F)c(/C=C/C(=O)/C=C/c2c(F)c(C)c(O)c(F)c2F)c1F. The molecule has 0 amide bonds. The van der Waals surface area contributed by atoms with Crippen molar-refractivity contribution in [3.8, 4) is 17.2 Å². The first-order valence-corrected chi connectivity index (χ1v) is 7.72. The first-order chi connectivity index (χ1) is 13.5. The van der Waals surface area contributed by atoms with Gasteiger partial charge in [-0.15, -0.1) is 0 Å². The zero-order valence-corrected chi connectivity index (χ0v) is 14.8. The summed E-state index contributed by atoms with van der Waals surface area (Å²) in [6.07, 6.45) is 2.15. The molecule has 0 heterocycles. The van der Waals surface area contributed by atoms with Gasteiger partial charge in [0.25, 0.3) is 0 Å². The Morgan fingerprint density at radius 2 is 1.20 bits per heavy atom. The topological polar surface area (TPSA) is 66.8 Å². The van der Waals surface area contributed by atoms with Crippen LogP contribution in [-0.2, 0) is 4.79 Å². The third-order valence-corrected chi connectivity index (χ3v) is 3.88. The van der Waals surface area contributed by atoms with Gasteiger partial charge in [0.15, 0.2) is 29.0 Å². The van der Waals surface area contributed by atoms with Gasteiger partial charge in [0.1, 0.15) is 5.82 Å². The number of rotatable bonds is 5. The van der Waals surface area contributed by atoms with Crippen molar-refractivity contribution in [1.29, 1.82) is 0 Å². The molecule has 0 fully saturated rings. The lowest BCUT2D eigenvalue weighted by Gasteiger charge is -2.09. The summed E-state index contributed by atoms with van der Waals surface area (Å²) in [6, 6.07) is 0. The van der Waals surface area contributed by atoms with E-state index in [1.165, 1.54) is 0 Å². The minimum atomic E-state index is -1.81. The predicted molar refractivity (Wildman–Crippen MR) is 97.1 cm³/mol. The zero-order chi connectivity index (χ0) is 22.0. The quantitative estimate of drug-likeness (QED) is 0.387. The van der Waals surface area contributed by atoms with Crippen LogP contribution in [0.1, 0.15) is 24.1 Å². The molecule has 2 rings (SSSR count). The van der Waals surface area contributed by atoms with E-state index >= 15 is 0 Å². The standard InChI is InChI=1S/C19H12F6O4.CH4/c1-7-11(20)9(12(21)15(24)17(7)27)5-3-8(26)4-6-10-13(22)16(25)18(28)19(29-2)14(10)23;/h3-6,27-28H,1-2H3;1H4/b5-3+,6-4+;. The highest BCUT2D eigenvalue weighted by atomic mass is 19.2. The van der Waals surface area contributed by atoms with Crippen LogP contribution in [0, 0.1) is 41.8 Å². The first-order valence-electron chi connectivity index (χ1n) is 7.72. The number of aromatic hydroxyl groups is 2. The number of carbonyl (C=O) groups excluding carboxylic acids is 1. The molecule has 4 nitrogen and oxygen atoms in total. The van der Waals surface area contributed by atoms with Crippen molar-refractivity contribution in [2.45, 2.75) is 14.4 Å². The van der Waals surface area contributed by atoms with Crippen LogP contribution in [0.5, 0.6) is 17.2 Å². The van der Waals surface area contributed by atoms with Crippen molar-refractivity contribution in [3.05, 3.63) is 63.7 Å². The maximum absolute atomic E-state index is 14.1. The molecule has 0 radical (unpaired) electrons. The Morgan fingerprint density at radius 3 is 1.67 bits per heavy atom. The molecule has 0 spiro atoms. The van der Waals surface area contributed by atoms with Crippen molar-refractivity contribution >= 4 is 17.9 Å². The lowest BCUT2D eigenvalue weighted by molar-refractivity contribution is -0.110. The molecule has 0 bridgehead atoms. The highest BCUT2D eigenvalue weighted by molar-refractivity contribution is 6.04. The Hall–Kier alpha value is -3.43. The Labute approximate surface area is 167 Å². The maximum Gasteiger partial charge on any atom is 0.205 e. The Bertz CT molecular complexity index is 1030. The molecule has 0 aliphatic rings. The third kappa shape index (κ3) is 4.27. The smallest absolute Gasteiger partial charge is 0.205 e. The van der Waals surface area contributed by atoms with Crippen LogP contribution in [0.25, 0.3) is 12.2 Å². The second-order valence-corrected chi connectivity index (χ2v) is 5.64. The minimum Gasteiger partial charge on any atom is -0.504 e. The average molecular weight is 434 g/mol. The highest BCUT2D eigenvalue weighted by Gasteiger charge is 2.24. The number of carbonyl (C=O) groups is 1. The van der Waals surface area contributed by atoms with Crippen molar-refractivity contribution in [2.75, 3.05) is 7.11 Å². The summed E-state index contributed by atoms with van der Waals surface area (Å²) >= 11 is 0. The number of ketones is 1. The number of hydrogen-bond donors (Lipinski definition) is 2. The van der Waals surface area contributed by atoms with Gasteiger partial charge < -0.3 is 14.9 Å². The fourth-order valence-electron chi connectivity index (χ4n) is 2.30. The summed E-state index contributed by atoms with van der Waals surface area (Å²) in [4.78, 5) is 11.8. The highest BCUT2D eigenvalue weighted by Crippen LogP contribution is 2.37. The van der Waals surface area contributed by atoms with Gasteiger partial charge in [-0.25, -0.2) is 17.6 Å². The molecule has 0 saturated carbocycles. The van der Waals surface area contributed by atoms with Crippen molar-refractivity contribution in [2.24, 2.45) is 0 Å². The number of ether oxygens (including phenoxy) is 1. The van der Waals surface area contributed by atoms with E-state index in [-0.39, 0.29) is 7.43 Å². The van der Waals surface area contributed by atoms with Gasteiger partial charge >= 0.3 is 0 Å². The predicted octanol–water partition coefficient (Wildman–Crippen LogP) is 5.18. The largest absolute Gasteiger partial charge is 0.504 e. The molecule has 0 saturated heterocycles. The van der Waals surface area contributed by atoms with Crippen LogP contribution in [0.2, 0.25) is 0 Å². The first kappa shape index (κ1) is 24.6. The van der Waals surface area contributed by atoms with E-state index in [2.05, 4.69) is 4.74 Å². The fraction of sp³-hybridized carbons (Fsp3) is 0.150. The Morgan fingerprint density at radius 1 is 0.767 bits per heavy atom. The number of hydrogen-bond acceptors (Lipinski definition) is 4. The number of phenols is 2. The van der Waals surface area contributed by atoms with Crippen molar-refractivity contribution in [3.63, 3.8) is 0 Å². The molecule has 10 heteroatoms. The Kier molecular flexibility index (Phi) is 7.69. The number of halogens is 6. The van der Waals surface area contributed by atoms with Crippen LogP contribution in [0.4, 0.5) is 26.3 Å². The van der Waals surface area contributed by atoms with E-state index in [0.29, 0.717) is 24.3 Å². The molecule has 2 aromatic carbocycles. The van der Waals surface area contributed by atoms with Gasteiger partial charge in [0.05, 0.1) is 12.7 Å². The second kappa shape index (κ2) is 9.38. The van der Waals surface area contributed by atoms with E-state index in [1.54, 1.807) is 0 Å². The maximum atomic E-state index is 14.1. The summed E-state index contributed by atoms with van der Waals surface area (Å²) < 4.78 is 87.0. The molecule has 0 unspecified atom stereocenters.